The van der Waals surface area contributed by atoms with Crippen LogP contribution in [0.4, 0.5) is 0 Å². The van der Waals surface area contributed by atoms with Gasteiger partial charge in [0, 0.05) is 16.9 Å². The molecule has 16 heavy (non-hydrogen) atoms. The molecule has 0 atom stereocenters. The minimum absolute atomic E-state index is 0.585. The van der Waals surface area contributed by atoms with Crippen molar-refractivity contribution in [2.75, 3.05) is 0 Å². The molecular formula is C13H12BrNO. The highest BCUT2D eigenvalue weighted by atomic mass is 79.9. The van der Waals surface area contributed by atoms with E-state index in [1.54, 1.807) is 6.20 Å². The predicted octanol–water partition coefficient (Wildman–Crippen LogP) is 3.56. The highest BCUT2D eigenvalue weighted by Gasteiger charge is 1.96. The lowest BCUT2D eigenvalue weighted by atomic mass is 10.2. The van der Waals surface area contributed by atoms with E-state index in [0.29, 0.717) is 13.2 Å². The first kappa shape index (κ1) is 11.3. The number of hydrogen-bond donors (Lipinski definition) is 0. The highest BCUT2D eigenvalue weighted by molar-refractivity contribution is 9.10. The van der Waals surface area contributed by atoms with Crippen molar-refractivity contribution in [3.8, 4) is 0 Å². The van der Waals surface area contributed by atoms with Gasteiger partial charge in [-0.05, 0) is 33.1 Å². The smallest absolute Gasteiger partial charge is 0.0736 e. The molecular weight excluding hydrogens is 266 g/mol. The van der Waals surface area contributed by atoms with Gasteiger partial charge in [0.25, 0.3) is 0 Å². The third kappa shape index (κ3) is 3.43. The number of aromatic nitrogens is 1. The summed E-state index contributed by atoms with van der Waals surface area (Å²) < 4.78 is 6.58. The Kier molecular flexibility index (Phi) is 4.08. The van der Waals surface area contributed by atoms with Crippen molar-refractivity contribution in [3.05, 3.63) is 64.4 Å². The van der Waals surface area contributed by atoms with Gasteiger partial charge in [-0.1, -0.05) is 30.3 Å². The highest BCUT2D eigenvalue weighted by Crippen LogP contribution is 2.11. The zero-order chi connectivity index (χ0) is 11.2. The lowest BCUT2D eigenvalue weighted by Gasteiger charge is -2.04. The minimum atomic E-state index is 0.585. The van der Waals surface area contributed by atoms with Crippen LogP contribution in [0.15, 0.2) is 53.3 Å². The van der Waals surface area contributed by atoms with Crippen LogP contribution in [-0.2, 0) is 18.0 Å². The molecule has 1 heterocycles. The molecule has 0 aliphatic carbocycles. The van der Waals surface area contributed by atoms with Crippen LogP contribution in [-0.4, -0.2) is 4.98 Å². The molecule has 0 unspecified atom stereocenters. The normalized spacial score (nSPS) is 10.3. The van der Waals surface area contributed by atoms with Crippen molar-refractivity contribution >= 4 is 15.9 Å². The van der Waals surface area contributed by atoms with E-state index in [0.717, 1.165) is 10.0 Å². The van der Waals surface area contributed by atoms with Gasteiger partial charge in [-0.2, -0.15) is 0 Å². The summed E-state index contributed by atoms with van der Waals surface area (Å²) in [7, 11) is 0. The van der Waals surface area contributed by atoms with Crippen LogP contribution < -0.4 is 0 Å². The van der Waals surface area contributed by atoms with E-state index in [2.05, 4.69) is 33.0 Å². The Bertz CT molecular complexity index is 445. The Labute approximate surface area is 103 Å². The monoisotopic (exact) mass is 277 g/mol. The summed E-state index contributed by atoms with van der Waals surface area (Å²) in [4.78, 5) is 4.08. The van der Waals surface area contributed by atoms with Gasteiger partial charge in [0.2, 0.25) is 0 Å². The Morgan fingerprint density at radius 3 is 2.50 bits per heavy atom. The first-order chi connectivity index (χ1) is 7.84. The molecule has 0 spiro atoms. The number of halogens is 1. The van der Waals surface area contributed by atoms with Crippen molar-refractivity contribution in [1.29, 1.82) is 0 Å². The maximum Gasteiger partial charge on any atom is 0.0736 e. The number of rotatable bonds is 4. The van der Waals surface area contributed by atoms with Crippen molar-refractivity contribution in [2.24, 2.45) is 0 Å². The molecule has 0 saturated heterocycles. The van der Waals surface area contributed by atoms with Crippen LogP contribution in [0.25, 0.3) is 0 Å². The van der Waals surface area contributed by atoms with Crippen LogP contribution in [0.1, 0.15) is 11.1 Å². The number of nitrogens with zero attached hydrogens (tertiary/aromatic N) is 1. The van der Waals surface area contributed by atoms with Crippen LogP contribution >= 0.6 is 15.9 Å². The van der Waals surface area contributed by atoms with Gasteiger partial charge in [-0.15, -0.1) is 0 Å². The van der Waals surface area contributed by atoms with Gasteiger partial charge in [0.05, 0.1) is 13.2 Å². The zero-order valence-corrected chi connectivity index (χ0v) is 10.4. The second-order valence-corrected chi connectivity index (χ2v) is 4.41. The molecule has 2 rings (SSSR count). The maximum atomic E-state index is 5.60. The fourth-order valence-electron chi connectivity index (χ4n) is 1.40. The van der Waals surface area contributed by atoms with Crippen LogP contribution in [0.5, 0.6) is 0 Å². The Hall–Kier alpha value is -1.19. The number of pyridine rings is 1. The molecule has 0 aliphatic rings. The standard InChI is InChI=1S/C13H12BrNO/c14-13-6-12(7-15-8-13)10-16-9-11-4-2-1-3-5-11/h1-8H,9-10H2. The fourth-order valence-corrected chi connectivity index (χ4v) is 1.81. The van der Waals surface area contributed by atoms with Crippen LogP contribution in [0, 0.1) is 0 Å². The zero-order valence-electron chi connectivity index (χ0n) is 8.77. The summed E-state index contributed by atoms with van der Waals surface area (Å²) in [5, 5.41) is 0. The molecule has 0 radical (unpaired) electrons. The van der Waals surface area contributed by atoms with E-state index in [1.807, 2.05) is 30.5 Å². The average Bonchev–Trinajstić information content (AvgIpc) is 2.30. The van der Waals surface area contributed by atoms with Gasteiger partial charge < -0.3 is 4.74 Å². The van der Waals surface area contributed by atoms with Gasteiger partial charge in [-0.3, -0.25) is 4.98 Å². The molecule has 0 saturated carbocycles. The van der Waals surface area contributed by atoms with Gasteiger partial charge in [-0.25, -0.2) is 0 Å². The molecule has 0 amide bonds. The molecule has 1 aromatic carbocycles. The maximum absolute atomic E-state index is 5.60. The first-order valence-corrected chi connectivity index (χ1v) is 5.85. The predicted molar refractivity (Wildman–Crippen MR) is 66.9 cm³/mol. The molecule has 3 heteroatoms. The number of ether oxygens (including phenoxy) is 1. The Balaban J connectivity index is 1.85. The summed E-state index contributed by atoms with van der Waals surface area (Å²) in [5.41, 5.74) is 2.26. The van der Waals surface area contributed by atoms with Crippen molar-refractivity contribution in [1.82, 2.24) is 4.98 Å². The van der Waals surface area contributed by atoms with E-state index < -0.39 is 0 Å². The molecule has 1 aromatic heterocycles. The number of hydrogen-bond acceptors (Lipinski definition) is 2. The van der Waals surface area contributed by atoms with Gasteiger partial charge in [0.15, 0.2) is 0 Å². The lowest BCUT2D eigenvalue weighted by Crippen LogP contribution is -1.94. The summed E-state index contributed by atoms with van der Waals surface area (Å²) in [6.07, 6.45) is 3.58. The molecule has 0 N–H and O–H groups in total. The first-order valence-electron chi connectivity index (χ1n) is 5.06. The number of benzene rings is 1. The largest absolute Gasteiger partial charge is 0.372 e. The molecule has 0 bridgehead atoms. The van der Waals surface area contributed by atoms with E-state index >= 15 is 0 Å². The summed E-state index contributed by atoms with van der Waals surface area (Å²) in [6, 6.07) is 12.1. The van der Waals surface area contributed by atoms with E-state index in [4.69, 9.17) is 4.74 Å². The van der Waals surface area contributed by atoms with Crippen molar-refractivity contribution in [2.45, 2.75) is 13.2 Å². The van der Waals surface area contributed by atoms with Crippen molar-refractivity contribution < 1.29 is 4.74 Å². The SMILES string of the molecule is Brc1cncc(COCc2ccccc2)c1. The minimum Gasteiger partial charge on any atom is -0.372 e. The third-order valence-corrected chi connectivity index (χ3v) is 2.58. The quantitative estimate of drug-likeness (QED) is 0.853. The Morgan fingerprint density at radius 2 is 1.75 bits per heavy atom. The van der Waals surface area contributed by atoms with Gasteiger partial charge in [0.1, 0.15) is 0 Å². The van der Waals surface area contributed by atoms with E-state index in [1.165, 1.54) is 5.56 Å². The van der Waals surface area contributed by atoms with Crippen LogP contribution in [0.2, 0.25) is 0 Å². The fraction of sp³-hybridized carbons (Fsp3) is 0.154. The van der Waals surface area contributed by atoms with E-state index in [-0.39, 0.29) is 0 Å². The van der Waals surface area contributed by atoms with Crippen molar-refractivity contribution in [3.63, 3.8) is 0 Å². The second kappa shape index (κ2) is 5.77. The average molecular weight is 278 g/mol. The topological polar surface area (TPSA) is 22.1 Å². The molecule has 2 aromatic rings. The second-order valence-electron chi connectivity index (χ2n) is 3.49. The summed E-state index contributed by atoms with van der Waals surface area (Å²) >= 11 is 3.38. The van der Waals surface area contributed by atoms with Gasteiger partial charge >= 0.3 is 0 Å². The molecule has 2 nitrogen and oxygen atoms in total. The summed E-state index contributed by atoms with van der Waals surface area (Å²) in [5.74, 6) is 0. The lowest BCUT2D eigenvalue weighted by molar-refractivity contribution is 0.107. The van der Waals surface area contributed by atoms with E-state index in [9.17, 15) is 0 Å². The summed E-state index contributed by atoms with van der Waals surface area (Å²) in [6.45, 7) is 1.22. The third-order valence-electron chi connectivity index (χ3n) is 2.14. The molecule has 0 aliphatic heterocycles. The Morgan fingerprint density at radius 1 is 1.00 bits per heavy atom. The molecule has 0 fully saturated rings. The molecule has 82 valence electrons. The van der Waals surface area contributed by atoms with Crippen LogP contribution in [0.3, 0.4) is 0 Å².